The van der Waals surface area contributed by atoms with Crippen LogP contribution < -0.4 is 0 Å². The van der Waals surface area contributed by atoms with Crippen LogP contribution in [0.3, 0.4) is 0 Å². The third-order valence-electron chi connectivity index (χ3n) is 1.08. The molecule has 0 bridgehead atoms. The molecule has 2 heteroatoms. The minimum absolute atomic E-state index is 0.530. The van der Waals surface area contributed by atoms with Crippen LogP contribution in [0.4, 0.5) is 8.78 Å². The summed E-state index contributed by atoms with van der Waals surface area (Å²) in [6, 6.07) is 8.47. The highest BCUT2D eigenvalue weighted by atomic mass is 19.3. The first-order valence-electron chi connectivity index (χ1n) is 3.87. The second kappa shape index (κ2) is 6.53. The van der Waals surface area contributed by atoms with Gasteiger partial charge in [0.05, 0.1) is 0 Å². The van der Waals surface area contributed by atoms with Crippen molar-refractivity contribution in [1.29, 1.82) is 0 Å². The SMILES string of the molecule is CC.FC(F)=Cc1ccccc1. The average molecular weight is 170 g/mol. The number of benzene rings is 1. The minimum atomic E-state index is -1.66. The molecule has 0 aromatic heterocycles. The highest BCUT2D eigenvalue weighted by Crippen LogP contribution is 2.07. The van der Waals surface area contributed by atoms with E-state index in [0.29, 0.717) is 5.56 Å². The van der Waals surface area contributed by atoms with Crippen LogP contribution in [0, 0.1) is 0 Å². The summed E-state index contributed by atoms with van der Waals surface area (Å²) in [5, 5.41) is 0. The van der Waals surface area contributed by atoms with Crippen molar-refractivity contribution in [3.63, 3.8) is 0 Å². The van der Waals surface area contributed by atoms with Crippen LogP contribution in [0.15, 0.2) is 36.4 Å². The monoisotopic (exact) mass is 170 g/mol. The van der Waals surface area contributed by atoms with E-state index in [1.807, 2.05) is 13.8 Å². The molecule has 0 aliphatic heterocycles. The second-order valence-corrected chi connectivity index (χ2v) is 1.84. The Hall–Kier alpha value is -1.18. The van der Waals surface area contributed by atoms with Crippen molar-refractivity contribution in [1.82, 2.24) is 0 Å². The van der Waals surface area contributed by atoms with Gasteiger partial charge in [-0.3, -0.25) is 0 Å². The molecule has 0 saturated carbocycles. The molecule has 0 radical (unpaired) electrons. The Kier molecular flexibility index (Phi) is 5.88. The summed E-state index contributed by atoms with van der Waals surface area (Å²) in [6.07, 6.45) is -0.828. The van der Waals surface area contributed by atoms with Crippen LogP contribution in [-0.2, 0) is 0 Å². The molecule has 0 aliphatic carbocycles. The maximum absolute atomic E-state index is 11.6. The summed E-state index contributed by atoms with van der Waals surface area (Å²) in [5.74, 6) is 0. The highest BCUT2D eigenvalue weighted by molar-refractivity contribution is 5.48. The highest BCUT2D eigenvalue weighted by Gasteiger charge is 1.88. The van der Waals surface area contributed by atoms with Crippen LogP contribution in [-0.4, -0.2) is 0 Å². The molecule has 1 rings (SSSR count). The molecule has 0 fully saturated rings. The van der Waals surface area contributed by atoms with Gasteiger partial charge in [0.1, 0.15) is 0 Å². The lowest BCUT2D eigenvalue weighted by Crippen LogP contribution is -1.67. The largest absolute Gasteiger partial charge is 0.270 e. The van der Waals surface area contributed by atoms with Crippen molar-refractivity contribution in [2.45, 2.75) is 13.8 Å². The van der Waals surface area contributed by atoms with Gasteiger partial charge in [0.2, 0.25) is 0 Å². The smallest absolute Gasteiger partial charge is 0.173 e. The van der Waals surface area contributed by atoms with E-state index in [-0.39, 0.29) is 0 Å². The maximum atomic E-state index is 11.6. The lowest BCUT2D eigenvalue weighted by Gasteiger charge is -1.87. The Balaban J connectivity index is 0.000000561. The van der Waals surface area contributed by atoms with Crippen LogP contribution in [0.2, 0.25) is 0 Å². The lowest BCUT2D eigenvalue weighted by molar-refractivity contribution is 0.429. The van der Waals surface area contributed by atoms with Crippen LogP contribution in [0.1, 0.15) is 19.4 Å². The third kappa shape index (κ3) is 4.61. The van der Waals surface area contributed by atoms with Crippen LogP contribution >= 0.6 is 0 Å². The summed E-state index contributed by atoms with van der Waals surface area (Å²) < 4.78 is 23.2. The molecule has 0 amide bonds. The van der Waals surface area contributed by atoms with E-state index in [1.165, 1.54) is 0 Å². The Morgan fingerprint density at radius 2 is 1.58 bits per heavy atom. The van der Waals surface area contributed by atoms with Gasteiger partial charge >= 0.3 is 0 Å². The second-order valence-electron chi connectivity index (χ2n) is 1.84. The van der Waals surface area contributed by atoms with Gasteiger partial charge in [0.25, 0.3) is 6.08 Å². The molecular formula is C10H12F2. The minimum Gasteiger partial charge on any atom is -0.173 e. The first-order chi connectivity index (χ1) is 5.79. The Morgan fingerprint density at radius 3 is 2.00 bits per heavy atom. The first-order valence-corrected chi connectivity index (χ1v) is 3.87. The number of rotatable bonds is 1. The van der Waals surface area contributed by atoms with Crippen LogP contribution in [0.5, 0.6) is 0 Å². The molecule has 0 unspecified atom stereocenters. The molecule has 66 valence electrons. The fourth-order valence-corrected chi connectivity index (χ4v) is 0.675. The van der Waals surface area contributed by atoms with Crippen molar-refractivity contribution in [2.75, 3.05) is 0 Å². The van der Waals surface area contributed by atoms with Crippen LogP contribution in [0.25, 0.3) is 6.08 Å². The molecule has 0 aliphatic rings. The zero-order valence-corrected chi connectivity index (χ0v) is 7.22. The predicted octanol–water partition coefficient (Wildman–Crippen LogP) is 3.95. The summed E-state index contributed by atoms with van der Waals surface area (Å²) in [4.78, 5) is 0. The number of hydrogen-bond donors (Lipinski definition) is 0. The van der Waals surface area contributed by atoms with Crippen molar-refractivity contribution in [3.05, 3.63) is 42.0 Å². The summed E-state index contributed by atoms with van der Waals surface area (Å²) in [7, 11) is 0. The zero-order chi connectivity index (χ0) is 9.40. The predicted molar refractivity (Wildman–Crippen MR) is 48.0 cm³/mol. The number of hydrogen-bond acceptors (Lipinski definition) is 0. The first kappa shape index (κ1) is 10.8. The van der Waals surface area contributed by atoms with Gasteiger partial charge in [-0.15, -0.1) is 0 Å². The van der Waals surface area contributed by atoms with Crippen molar-refractivity contribution in [2.24, 2.45) is 0 Å². The normalized spacial score (nSPS) is 8.00. The van der Waals surface area contributed by atoms with E-state index in [1.54, 1.807) is 30.3 Å². The third-order valence-corrected chi connectivity index (χ3v) is 1.08. The van der Waals surface area contributed by atoms with Crippen molar-refractivity contribution in [3.8, 4) is 0 Å². The summed E-state index contributed by atoms with van der Waals surface area (Å²) in [5.41, 5.74) is 0.530. The van der Waals surface area contributed by atoms with Gasteiger partial charge in [-0.2, -0.15) is 8.78 Å². The maximum Gasteiger partial charge on any atom is 0.270 e. The van der Waals surface area contributed by atoms with Gasteiger partial charge in [-0.1, -0.05) is 44.2 Å². The fraction of sp³-hybridized carbons (Fsp3) is 0.200. The molecule has 1 aromatic rings. The summed E-state index contributed by atoms with van der Waals surface area (Å²) >= 11 is 0. The van der Waals surface area contributed by atoms with E-state index < -0.39 is 6.08 Å². The van der Waals surface area contributed by atoms with Gasteiger partial charge in [0, 0.05) is 6.08 Å². The van der Waals surface area contributed by atoms with Gasteiger partial charge in [0.15, 0.2) is 0 Å². The Bertz CT molecular complexity index is 223. The molecule has 0 heterocycles. The molecule has 0 saturated heterocycles. The van der Waals surface area contributed by atoms with E-state index in [2.05, 4.69) is 0 Å². The topological polar surface area (TPSA) is 0 Å². The quantitative estimate of drug-likeness (QED) is 0.598. The van der Waals surface area contributed by atoms with Gasteiger partial charge in [-0.05, 0) is 5.56 Å². The van der Waals surface area contributed by atoms with E-state index in [0.717, 1.165) is 6.08 Å². The molecule has 0 spiro atoms. The molecule has 12 heavy (non-hydrogen) atoms. The van der Waals surface area contributed by atoms with E-state index in [4.69, 9.17) is 0 Å². The fourth-order valence-electron chi connectivity index (χ4n) is 0.675. The zero-order valence-electron chi connectivity index (χ0n) is 7.22. The molecule has 0 N–H and O–H groups in total. The average Bonchev–Trinajstić information content (AvgIpc) is 2.08. The molecule has 0 atom stereocenters. The van der Waals surface area contributed by atoms with E-state index in [9.17, 15) is 8.78 Å². The standard InChI is InChI=1S/C8H6F2.C2H6/c9-8(10)6-7-4-2-1-3-5-7;1-2/h1-6H;1-2H3. The summed E-state index contributed by atoms with van der Waals surface area (Å²) in [6.45, 7) is 4.00. The van der Waals surface area contributed by atoms with Gasteiger partial charge < -0.3 is 0 Å². The Labute approximate surface area is 71.5 Å². The molecular weight excluding hydrogens is 158 g/mol. The molecule has 0 nitrogen and oxygen atoms in total. The van der Waals surface area contributed by atoms with Gasteiger partial charge in [-0.25, -0.2) is 0 Å². The van der Waals surface area contributed by atoms with Crippen molar-refractivity contribution >= 4 is 6.08 Å². The van der Waals surface area contributed by atoms with E-state index >= 15 is 0 Å². The number of halogens is 2. The Morgan fingerprint density at radius 1 is 1.08 bits per heavy atom. The lowest BCUT2D eigenvalue weighted by atomic mass is 10.2. The molecule has 1 aromatic carbocycles. The van der Waals surface area contributed by atoms with Crippen molar-refractivity contribution < 1.29 is 8.78 Å².